The van der Waals surface area contributed by atoms with E-state index in [9.17, 15) is 14.8 Å². The molecule has 148 valence electrons. The van der Waals surface area contributed by atoms with Gasteiger partial charge in [-0.15, -0.1) is 0 Å². The lowest BCUT2D eigenvalue weighted by atomic mass is 10.1. The molecule has 0 saturated carbocycles. The average Bonchev–Trinajstić information content (AvgIpc) is 2.63. The van der Waals surface area contributed by atoms with E-state index in [1.165, 1.54) is 0 Å². The molecule has 27 heavy (non-hydrogen) atoms. The highest BCUT2D eigenvalue weighted by Crippen LogP contribution is 2.35. The Bertz CT molecular complexity index is 727. The van der Waals surface area contributed by atoms with Gasteiger partial charge in [0.1, 0.15) is 43.4 Å². The summed E-state index contributed by atoms with van der Waals surface area (Å²) in [4.78, 5) is 0. The van der Waals surface area contributed by atoms with Crippen LogP contribution < -0.4 is 14.8 Å². The number of aromatic hydroxyl groups is 1. The van der Waals surface area contributed by atoms with Gasteiger partial charge in [-0.25, -0.2) is 0 Å². The van der Waals surface area contributed by atoms with Gasteiger partial charge in [-0.3, -0.25) is 0 Å². The molecule has 0 unspecified atom stereocenters. The molecule has 0 bridgehead atoms. The zero-order valence-corrected chi connectivity index (χ0v) is 16.7. The zero-order chi connectivity index (χ0) is 19.7. The fourth-order valence-corrected chi connectivity index (χ4v) is 2.74. The summed E-state index contributed by atoms with van der Waals surface area (Å²) in [6, 6.07) is 14.1. The molecule has 6 nitrogen and oxygen atoms in total. The van der Waals surface area contributed by atoms with Crippen LogP contribution in [0, 0.1) is 0 Å². The maximum atomic E-state index is 11.7. The first-order valence-corrected chi connectivity index (χ1v) is 11.7. The van der Waals surface area contributed by atoms with Crippen LogP contribution in [0.3, 0.4) is 0 Å². The minimum Gasteiger partial charge on any atom is -0.508 e. The molecule has 0 aliphatic heterocycles. The van der Waals surface area contributed by atoms with Crippen molar-refractivity contribution in [3.8, 4) is 17.2 Å². The smallest absolute Gasteiger partial charge is 0.140 e. The average molecular weight is 393 g/mol. The van der Waals surface area contributed by atoms with Crippen molar-refractivity contribution in [2.75, 3.05) is 39.4 Å². The second-order valence-electron chi connectivity index (χ2n) is 6.90. The fraction of sp³-hybridized carbons (Fsp3) is 0.400. The van der Waals surface area contributed by atoms with Crippen molar-refractivity contribution in [3.63, 3.8) is 0 Å². The first-order valence-electron chi connectivity index (χ1n) is 8.88. The van der Waals surface area contributed by atoms with E-state index in [1.807, 2.05) is 24.3 Å². The van der Waals surface area contributed by atoms with E-state index >= 15 is 0 Å². The van der Waals surface area contributed by atoms with Gasteiger partial charge in [0.15, 0.2) is 0 Å². The molecule has 0 aromatic heterocycles. The van der Waals surface area contributed by atoms with E-state index < -0.39 is 13.2 Å². The molecule has 2 aromatic rings. The number of phenolic OH excluding ortho intramolecular Hbond substituents is 1. The molecule has 0 amide bonds. The molecule has 0 fully saturated rings. The van der Waals surface area contributed by atoms with Gasteiger partial charge in [-0.2, -0.15) is 0 Å². The molecule has 0 saturated heterocycles. The van der Waals surface area contributed by atoms with Crippen molar-refractivity contribution in [1.29, 1.82) is 0 Å². The highest BCUT2D eigenvalue weighted by atomic mass is 31.2. The third-order valence-corrected chi connectivity index (χ3v) is 4.47. The van der Waals surface area contributed by atoms with Gasteiger partial charge in [0.2, 0.25) is 0 Å². The van der Waals surface area contributed by atoms with Crippen LogP contribution in [0.4, 0.5) is 0 Å². The molecular weight excluding hydrogens is 365 g/mol. The molecule has 2 rings (SSSR count). The minimum absolute atomic E-state index is 0.180. The van der Waals surface area contributed by atoms with Crippen molar-refractivity contribution in [1.82, 2.24) is 5.32 Å². The Morgan fingerprint density at radius 2 is 1.59 bits per heavy atom. The van der Waals surface area contributed by atoms with Crippen LogP contribution in [-0.4, -0.2) is 55.7 Å². The van der Waals surface area contributed by atoms with E-state index in [1.54, 1.807) is 37.6 Å². The number of rotatable bonds is 11. The van der Waals surface area contributed by atoms with E-state index in [-0.39, 0.29) is 18.7 Å². The van der Waals surface area contributed by atoms with Gasteiger partial charge in [0.25, 0.3) is 0 Å². The summed E-state index contributed by atoms with van der Waals surface area (Å²) in [5, 5.41) is 22.4. The Balaban J connectivity index is 1.61. The molecule has 0 radical (unpaired) electrons. The molecule has 7 heteroatoms. The molecule has 1 atom stereocenters. The van der Waals surface area contributed by atoms with Gasteiger partial charge < -0.3 is 29.6 Å². The summed E-state index contributed by atoms with van der Waals surface area (Å²) in [5.74, 6) is 1.51. The van der Waals surface area contributed by atoms with Gasteiger partial charge >= 0.3 is 0 Å². The fourth-order valence-electron chi connectivity index (χ4n) is 2.28. The lowest BCUT2D eigenvalue weighted by Crippen LogP contribution is -2.32. The first-order chi connectivity index (χ1) is 12.8. The van der Waals surface area contributed by atoms with Crippen molar-refractivity contribution >= 4 is 7.14 Å². The Kier molecular flexibility index (Phi) is 8.17. The summed E-state index contributed by atoms with van der Waals surface area (Å²) < 4.78 is 22.6. The summed E-state index contributed by atoms with van der Waals surface area (Å²) in [6.45, 7) is 4.76. The number of nitrogens with one attached hydrogen (secondary N) is 1. The van der Waals surface area contributed by atoms with Crippen LogP contribution >= 0.6 is 7.14 Å². The highest BCUT2D eigenvalue weighted by molar-refractivity contribution is 7.62. The number of ether oxygens (including phenoxy) is 2. The number of benzene rings is 2. The largest absolute Gasteiger partial charge is 0.508 e. The Hall–Kier alpha value is -2.01. The van der Waals surface area contributed by atoms with Crippen LogP contribution in [0.25, 0.3) is 0 Å². The summed E-state index contributed by atoms with van der Waals surface area (Å²) >= 11 is 0. The van der Waals surface area contributed by atoms with Crippen molar-refractivity contribution in [2.24, 2.45) is 0 Å². The topological polar surface area (TPSA) is 88.0 Å². The van der Waals surface area contributed by atoms with E-state index in [2.05, 4.69) is 5.32 Å². The summed E-state index contributed by atoms with van der Waals surface area (Å²) in [7, 11) is -2.18. The van der Waals surface area contributed by atoms with Crippen molar-refractivity contribution in [3.05, 3.63) is 54.1 Å². The number of hydrogen-bond acceptors (Lipinski definition) is 6. The third-order valence-electron chi connectivity index (χ3n) is 3.71. The standard InChI is InChI=1S/C20H28NO5P/c1-27(2,24)15-26-20-7-3-16(4-8-20)11-12-21-13-18(23)14-25-19-9-5-17(22)6-10-19/h3-10,18,21-23H,11-15H2,1-2H3/t18-/m0/s1. The number of phenols is 1. The summed E-state index contributed by atoms with van der Waals surface area (Å²) in [6.07, 6.45) is 0.456. The van der Waals surface area contributed by atoms with Gasteiger partial charge in [-0.1, -0.05) is 12.1 Å². The number of aliphatic hydroxyl groups excluding tert-OH is 1. The quantitative estimate of drug-likeness (QED) is 0.402. The van der Waals surface area contributed by atoms with Crippen LogP contribution in [-0.2, 0) is 11.0 Å². The molecule has 0 aliphatic carbocycles. The van der Waals surface area contributed by atoms with Crippen molar-refractivity contribution < 1.29 is 24.3 Å². The van der Waals surface area contributed by atoms with Gasteiger partial charge in [0.05, 0.1) is 0 Å². The molecule has 0 aliphatic rings. The lowest BCUT2D eigenvalue weighted by molar-refractivity contribution is 0.106. The van der Waals surface area contributed by atoms with E-state index in [0.717, 1.165) is 24.3 Å². The van der Waals surface area contributed by atoms with Crippen LogP contribution in [0.5, 0.6) is 17.2 Å². The van der Waals surface area contributed by atoms with Crippen LogP contribution in [0.15, 0.2) is 48.5 Å². The minimum atomic E-state index is -2.18. The normalized spacial score (nSPS) is 12.6. The second-order valence-corrected chi connectivity index (χ2v) is 10.3. The Morgan fingerprint density at radius 1 is 1.00 bits per heavy atom. The van der Waals surface area contributed by atoms with Crippen molar-refractivity contribution in [2.45, 2.75) is 12.5 Å². The highest BCUT2D eigenvalue weighted by Gasteiger charge is 2.08. The Labute approximate surface area is 160 Å². The maximum Gasteiger partial charge on any atom is 0.140 e. The first kappa shape index (κ1) is 21.3. The second kappa shape index (κ2) is 10.4. The zero-order valence-electron chi connectivity index (χ0n) is 15.8. The maximum absolute atomic E-state index is 11.7. The third kappa shape index (κ3) is 8.96. The molecule has 0 heterocycles. The number of hydrogen-bond donors (Lipinski definition) is 3. The molecule has 2 aromatic carbocycles. The monoisotopic (exact) mass is 393 g/mol. The number of aliphatic hydroxyl groups is 1. The molecule has 3 N–H and O–H groups in total. The predicted molar refractivity (Wildman–Crippen MR) is 108 cm³/mol. The van der Waals surface area contributed by atoms with Gasteiger partial charge in [-0.05, 0) is 68.3 Å². The predicted octanol–water partition coefficient (Wildman–Crippen LogP) is 2.92. The summed E-state index contributed by atoms with van der Waals surface area (Å²) in [5.41, 5.74) is 1.15. The van der Waals surface area contributed by atoms with E-state index in [0.29, 0.717) is 12.3 Å². The molecule has 0 spiro atoms. The Morgan fingerprint density at radius 3 is 2.22 bits per heavy atom. The van der Waals surface area contributed by atoms with Crippen LogP contribution in [0.1, 0.15) is 5.56 Å². The van der Waals surface area contributed by atoms with Gasteiger partial charge in [0, 0.05) is 6.54 Å². The lowest BCUT2D eigenvalue weighted by Gasteiger charge is -2.13. The molecular formula is C20H28NO5P. The van der Waals surface area contributed by atoms with Crippen LogP contribution in [0.2, 0.25) is 0 Å². The SMILES string of the molecule is CP(C)(=O)COc1ccc(CCNC[C@H](O)COc2ccc(O)cc2)cc1. The van der Waals surface area contributed by atoms with E-state index in [4.69, 9.17) is 9.47 Å².